The number of carbonyl (C=O) groups is 1. The van der Waals surface area contributed by atoms with Crippen molar-refractivity contribution in [1.29, 1.82) is 0 Å². The Bertz CT molecular complexity index is 459. The molecule has 2 rings (SSSR count). The van der Waals surface area contributed by atoms with Crippen LogP contribution in [0.4, 0.5) is 0 Å². The summed E-state index contributed by atoms with van der Waals surface area (Å²) >= 11 is 6.15. The van der Waals surface area contributed by atoms with Crippen LogP contribution in [0.2, 0.25) is 5.02 Å². The van der Waals surface area contributed by atoms with Crippen molar-refractivity contribution in [2.45, 2.75) is 25.4 Å². The average molecular weight is 315 g/mol. The summed E-state index contributed by atoms with van der Waals surface area (Å²) in [5.74, 6) is 0.136. The van der Waals surface area contributed by atoms with Gasteiger partial charge in [0, 0.05) is 18.1 Å². The van der Waals surface area contributed by atoms with E-state index in [0.717, 1.165) is 24.9 Å². The molecule has 0 aliphatic carbocycles. The van der Waals surface area contributed by atoms with E-state index in [2.05, 4.69) is 11.9 Å². The second-order valence-corrected chi connectivity index (χ2v) is 5.15. The van der Waals surface area contributed by atoms with Crippen LogP contribution in [0.5, 0.6) is 0 Å². The van der Waals surface area contributed by atoms with Crippen LogP contribution in [0.3, 0.4) is 0 Å². The van der Waals surface area contributed by atoms with Gasteiger partial charge in [0.1, 0.15) is 0 Å². The third-order valence-electron chi connectivity index (χ3n) is 3.34. The molecule has 1 aromatic rings. The van der Waals surface area contributed by atoms with E-state index in [1.807, 2.05) is 24.3 Å². The van der Waals surface area contributed by atoms with E-state index >= 15 is 0 Å². The molecular weight excluding hydrogens is 295 g/mol. The Kier molecular flexibility index (Phi) is 7.06. The molecule has 0 bridgehead atoms. The number of nitrogens with one attached hydrogen (secondary N) is 1. The van der Waals surface area contributed by atoms with Crippen molar-refractivity contribution < 1.29 is 4.79 Å². The van der Waals surface area contributed by atoms with Crippen LogP contribution in [0, 0.1) is 0 Å². The molecule has 0 saturated carbocycles. The zero-order valence-electron chi connectivity index (χ0n) is 11.3. The summed E-state index contributed by atoms with van der Waals surface area (Å²) in [6, 6.07) is 7.58. The lowest BCUT2D eigenvalue weighted by Gasteiger charge is -2.25. The Morgan fingerprint density at radius 3 is 2.85 bits per heavy atom. The van der Waals surface area contributed by atoms with E-state index in [0.29, 0.717) is 18.1 Å². The summed E-state index contributed by atoms with van der Waals surface area (Å²) in [7, 11) is 0. The molecule has 1 aromatic carbocycles. The lowest BCUT2D eigenvalue weighted by atomic mass is 10.1. The molecule has 0 aromatic heterocycles. The summed E-state index contributed by atoms with van der Waals surface area (Å²) in [5.41, 5.74) is 0.970. The van der Waals surface area contributed by atoms with Gasteiger partial charge in [0.05, 0.1) is 6.04 Å². The molecule has 1 N–H and O–H groups in total. The van der Waals surface area contributed by atoms with Gasteiger partial charge >= 0.3 is 0 Å². The molecule has 1 amide bonds. The minimum absolute atomic E-state index is 0. The quantitative estimate of drug-likeness (QED) is 0.847. The summed E-state index contributed by atoms with van der Waals surface area (Å²) in [6.07, 6.45) is 3.73. The van der Waals surface area contributed by atoms with Gasteiger partial charge in [0.2, 0.25) is 5.91 Å². The summed E-state index contributed by atoms with van der Waals surface area (Å²) in [5, 5.41) is 3.94. The van der Waals surface area contributed by atoms with Crippen LogP contribution < -0.4 is 5.32 Å². The first-order valence-corrected chi connectivity index (χ1v) is 6.96. The monoisotopic (exact) mass is 314 g/mol. The maximum atomic E-state index is 12.4. The van der Waals surface area contributed by atoms with Crippen LogP contribution in [-0.2, 0) is 11.3 Å². The topological polar surface area (TPSA) is 32.3 Å². The molecule has 1 atom stereocenters. The van der Waals surface area contributed by atoms with Crippen molar-refractivity contribution in [1.82, 2.24) is 10.2 Å². The molecule has 20 heavy (non-hydrogen) atoms. The van der Waals surface area contributed by atoms with E-state index in [9.17, 15) is 4.79 Å². The molecule has 0 radical (unpaired) electrons. The van der Waals surface area contributed by atoms with Crippen LogP contribution in [0.25, 0.3) is 0 Å². The first-order chi connectivity index (χ1) is 9.22. The van der Waals surface area contributed by atoms with Crippen molar-refractivity contribution in [3.05, 3.63) is 47.5 Å². The number of nitrogens with zero attached hydrogens (tertiary/aromatic N) is 1. The standard InChI is InChI=1S/C15H19ClN2O.ClH/c1-2-10-18(15(19)14-8-5-9-17-14)11-12-6-3-4-7-13(12)16;/h2-4,6-7,14,17H,1,5,8-11H2;1H. The first kappa shape index (κ1) is 17.0. The van der Waals surface area contributed by atoms with Gasteiger partial charge < -0.3 is 10.2 Å². The fourth-order valence-corrected chi connectivity index (χ4v) is 2.53. The SMILES string of the molecule is C=CCN(Cc1ccccc1Cl)C(=O)C1CCCN1.Cl. The van der Waals surface area contributed by atoms with Crippen LogP contribution in [0.15, 0.2) is 36.9 Å². The molecular formula is C15H20Cl2N2O. The zero-order valence-corrected chi connectivity index (χ0v) is 12.9. The highest BCUT2D eigenvalue weighted by Gasteiger charge is 2.26. The highest BCUT2D eigenvalue weighted by atomic mass is 35.5. The van der Waals surface area contributed by atoms with Crippen LogP contribution in [-0.4, -0.2) is 29.9 Å². The molecule has 1 aliphatic rings. The average Bonchev–Trinajstić information content (AvgIpc) is 2.94. The molecule has 1 unspecified atom stereocenters. The lowest BCUT2D eigenvalue weighted by Crippen LogP contribution is -2.43. The Labute approximate surface area is 131 Å². The minimum atomic E-state index is -0.0533. The second-order valence-electron chi connectivity index (χ2n) is 4.75. The van der Waals surface area contributed by atoms with Gasteiger partial charge in [0.25, 0.3) is 0 Å². The Balaban J connectivity index is 0.00000200. The molecule has 1 aliphatic heterocycles. The number of rotatable bonds is 5. The normalized spacial score (nSPS) is 17.4. The van der Waals surface area contributed by atoms with Gasteiger partial charge in [-0.1, -0.05) is 35.9 Å². The first-order valence-electron chi connectivity index (χ1n) is 6.59. The smallest absolute Gasteiger partial charge is 0.240 e. The number of benzene rings is 1. The van der Waals surface area contributed by atoms with E-state index in [4.69, 9.17) is 11.6 Å². The highest BCUT2D eigenvalue weighted by Crippen LogP contribution is 2.18. The molecule has 1 heterocycles. The third kappa shape index (κ3) is 4.23. The minimum Gasteiger partial charge on any atom is -0.333 e. The molecule has 1 saturated heterocycles. The van der Waals surface area contributed by atoms with Crippen molar-refractivity contribution in [2.24, 2.45) is 0 Å². The van der Waals surface area contributed by atoms with Crippen molar-refractivity contribution in [3.63, 3.8) is 0 Å². The highest BCUT2D eigenvalue weighted by molar-refractivity contribution is 6.31. The number of hydrogen-bond donors (Lipinski definition) is 1. The summed E-state index contributed by atoms with van der Waals surface area (Å²) in [4.78, 5) is 14.2. The van der Waals surface area contributed by atoms with Gasteiger partial charge in [-0.25, -0.2) is 0 Å². The summed E-state index contributed by atoms with van der Waals surface area (Å²) < 4.78 is 0. The predicted molar refractivity (Wildman–Crippen MR) is 85.3 cm³/mol. The maximum Gasteiger partial charge on any atom is 0.240 e. The van der Waals surface area contributed by atoms with Crippen molar-refractivity contribution in [2.75, 3.05) is 13.1 Å². The molecule has 5 heteroatoms. The Morgan fingerprint density at radius 2 is 2.25 bits per heavy atom. The van der Waals surface area contributed by atoms with Crippen LogP contribution in [0.1, 0.15) is 18.4 Å². The lowest BCUT2D eigenvalue weighted by molar-refractivity contribution is -0.133. The number of halogens is 2. The fourth-order valence-electron chi connectivity index (χ4n) is 2.34. The molecule has 1 fully saturated rings. The molecule has 3 nitrogen and oxygen atoms in total. The van der Waals surface area contributed by atoms with Gasteiger partial charge in [-0.05, 0) is 31.0 Å². The summed E-state index contributed by atoms with van der Waals surface area (Å²) in [6.45, 7) is 5.72. The van der Waals surface area contributed by atoms with Gasteiger partial charge in [-0.3, -0.25) is 4.79 Å². The predicted octanol–water partition coefficient (Wildman–Crippen LogP) is 3.03. The maximum absolute atomic E-state index is 12.4. The number of amides is 1. The van der Waals surface area contributed by atoms with Crippen LogP contribution >= 0.6 is 24.0 Å². The fraction of sp³-hybridized carbons (Fsp3) is 0.400. The Morgan fingerprint density at radius 1 is 1.50 bits per heavy atom. The molecule has 0 spiro atoms. The Hall–Kier alpha value is -1.03. The number of carbonyl (C=O) groups excluding carboxylic acids is 1. The van der Waals surface area contributed by atoms with E-state index in [1.165, 1.54) is 0 Å². The number of hydrogen-bond acceptors (Lipinski definition) is 2. The van der Waals surface area contributed by atoms with Gasteiger partial charge in [-0.15, -0.1) is 19.0 Å². The van der Waals surface area contributed by atoms with E-state index < -0.39 is 0 Å². The van der Waals surface area contributed by atoms with Gasteiger partial charge in [-0.2, -0.15) is 0 Å². The van der Waals surface area contributed by atoms with Gasteiger partial charge in [0.15, 0.2) is 0 Å². The second kappa shape index (κ2) is 8.30. The third-order valence-corrected chi connectivity index (χ3v) is 3.71. The van der Waals surface area contributed by atoms with E-state index in [-0.39, 0.29) is 24.4 Å². The molecule has 110 valence electrons. The van der Waals surface area contributed by atoms with Crippen molar-refractivity contribution in [3.8, 4) is 0 Å². The largest absolute Gasteiger partial charge is 0.333 e. The van der Waals surface area contributed by atoms with Crippen molar-refractivity contribution >= 4 is 29.9 Å². The zero-order chi connectivity index (χ0) is 13.7. The van der Waals surface area contributed by atoms with E-state index in [1.54, 1.807) is 11.0 Å².